The molecule has 0 aromatic carbocycles. The van der Waals surface area contributed by atoms with Gasteiger partial charge in [0.1, 0.15) is 4.90 Å². The van der Waals surface area contributed by atoms with Crippen LogP contribution in [0.15, 0.2) is 11.1 Å². The Morgan fingerprint density at radius 2 is 2.33 bits per heavy atom. The quantitative estimate of drug-likeness (QED) is 0.730. The lowest BCUT2D eigenvalue weighted by molar-refractivity contribution is 0.580. The minimum atomic E-state index is -3.38. The van der Waals surface area contributed by atoms with Crippen molar-refractivity contribution in [2.24, 2.45) is 0 Å². The zero-order chi connectivity index (χ0) is 11.3. The fourth-order valence-corrected chi connectivity index (χ4v) is 2.75. The molecule has 1 aromatic rings. The molecule has 0 bridgehead atoms. The summed E-state index contributed by atoms with van der Waals surface area (Å²) < 4.78 is 25.9. The van der Waals surface area contributed by atoms with Crippen molar-refractivity contribution in [1.82, 2.24) is 14.9 Å². The number of hydrogen-bond acceptors (Lipinski definition) is 4. The van der Waals surface area contributed by atoms with Gasteiger partial charge in [-0.05, 0) is 25.4 Å². The Labute approximate surface area is 94.1 Å². The maximum Gasteiger partial charge on any atom is 0.243 e. The predicted molar refractivity (Wildman–Crippen MR) is 61.5 cm³/mol. The summed E-state index contributed by atoms with van der Waals surface area (Å²) >= 11 is 1.70. The van der Waals surface area contributed by atoms with Gasteiger partial charge in [-0.1, -0.05) is 0 Å². The van der Waals surface area contributed by atoms with E-state index in [9.17, 15) is 8.42 Å². The van der Waals surface area contributed by atoms with E-state index in [4.69, 9.17) is 0 Å². The van der Waals surface area contributed by atoms with E-state index in [0.717, 1.165) is 12.2 Å². The van der Waals surface area contributed by atoms with E-state index >= 15 is 0 Å². The average Bonchev–Trinajstić information content (AvgIpc) is 2.60. The van der Waals surface area contributed by atoms with Gasteiger partial charge < -0.3 is 0 Å². The van der Waals surface area contributed by atoms with Crippen LogP contribution in [0.4, 0.5) is 0 Å². The second kappa shape index (κ2) is 5.53. The molecular formula is C8H15N3O2S2. The summed E-state index contributed by atoms with van der Waals surface area (Å²) in [6.07, 6.45) is 4.15. The lowest BCUT2D eigenvalue weighted by Gasteiger charge is -2.04. The first-order valence-corrected chi connectivity index (χ1v) is 7.44. The number of aryl methyl sites for hydroxylation is 1. The van der Waals surface area contributed by atoms with Crippen molar-refractivity contribution >= 4 is 21.8 Å². The molecule has 1 rings (SSSR count). The average molecular weight is 249 g/mol. The van der Waals surface area contributed by atoms with Gasteiger partial charge in [-0.3, -0.25) is 5.10 Å². The summed E-state index contributed by atoms with van der Waals surface area (Å²) in [5.74, 6) is 0.951. The van der Waals surface area contributed by atoms with E-state index in [2.05, 4.69) is 14.9 Å². The highest BCUT2D eigenvalue weighted by Gasteiger charge is 2.17. The molecule has 1 aromatic heterocycles. The molecule has 86 valence electrons. The molecule has 2 N–H and O–H groups in total. The molecule has 0 radical (unpaired) electrons. The summed E-state index contributed by atoms with van der Waals surface area (Å²) in [7, 11) is -3.38. The molecular weight excluding hydrogens is 234 g/mol. The molecule has 7 heteroatoms. The first-order chi connectivity index (χ1) is 7.08. The van der Waals surface area contributed by atoms with E-state index in [1.54, 1.807) is 18.7 Å². The van der Waals surface area contributed by atoms with E-state index in [1.165, 1.54) is 6.20 Å². The Kier molecular flexibility index (Phi) is 4.62. The van der Waals surface area contributed by atoms with Crippen LogP contribution in [0.2, 0.25) is 0 Å². The summed E-state index contributed by atoms with van der Waals surface area (Å²) in [6, 6.07) is 0. The third-order valence-electron chi connectivity index (χ3n) is 1.89. The van der Waals surface area contributed by atoms with E-state index < -0.39 is 10.0 Å². The minimum Gasteiger partial charge on any atom is -0.281 e. The number of hydrogen-bond donors (Lipinski definition) is 2. The Morgan fingerprint density at radius 3 is 2.87 bits per heavy atom. The molecule has 0 aliphatic rings. The molecule has 0 saturated heterocycles. The first-order valence-electron chi connectivity index (χ1n) is 4.56. The van der Waals surface area contributed by atoms with Crippen molar-refractivity contribution in [3.05, 3.63) is 11.9 Å². The third kappa shape index (κ3) is 3.51. The smallest absolute Gasteiger partial charge is 0.243 e. The number of aromatic nitrogens is 2. The molecule has 0 unspecified atom stereocenters. The number of rotatable bonds is 6. The fourth-order valence-electron chi connectivity index (χ4n) is 1.11. The zero-order valence-corrected chi connectivity index (χ0v) is 10.4. The van der Waals surface area contributed by atoms with Crippen molar-refractivity contribution in [2.45, 2.75) is 18.2 Å². The number of nitrogens with one attached hydrogen (secondary N) is 2. The van der Waals surface area contributed by atoms with E-state index in [1.807, 2.05) is 6.26 Å². The van der Waals surface area contributed by atoms with Crippen LogP contribution in [-0.2, 0) is 10.0 Å². The van der Waals surface area contributed by atoms with Crippen LogP contribution in [0.5, 0.6) is 0 Å². The Hall–Kier alpha value is -0.530. The van der Waals surface area contributed by atoms with Gasteiger partial charge in [-0.25, -0.2) is 13.1 Å². The molecule has 0 amide bonds. The first kappa shape index (κ1) is 12.5. The number of thioether (sulfide) groups is 1. The Balaban J connectivity index is 2.57. The number of aromatic amines is 1. The SMILES string of the molecule is CSCCCNS(=O)(=O)c1cn[nH]c1C. The molecule has 0 spiro atoms. The van der Waals surface area contributed by atoms with Crippen LogP contribution in [-0.4, -0.2) is 37.2 Å². The highest BCUT2D eigenvalue weighted by atomic mass is 32.2. The van der Waals surface area contributed by atoms with Gasteiger partial charge in [0.2, 0.25) is 10.0 Å². The van der Waals surface area contributed by atoms with Crippen molar-refractivity contribution in [1.29, 1.82) is 0 Å². The monoisotopic (exact) mass is 249 g/mol. The summed E-state index contributed by atoms with van der Waals surface area (Å²) in [5.41, 5.74) is 0.562. The zero-order valence-electron chi connectivity index (χ0n) is 8.78. The van der Waals surface area contributed by atoms with Crippen LogP contribution in [0.1, 0.15) is 12.1 Å². The molecule has 5 nitrogen and oxygen atoms in total. The Bertz CT molecular complexity index is 400. The van der Waals surface area contributed by atoms with Gasteiger partial charge in [0, 0.05) is 6.54 Å². The predicted octanol–water partition coefficient (Wildman–Crippen LogP) is 0.750. The molecule has 15 heavy (non-hydrogen) atoms. The number of nitrogens with zero attached hydrogens (tertiary/aromatic N) is 1. The summed E-state index contributed by atoms with van der Waals surface area (Å²) in [4.78, 5) is 0.228. The molecule has 0 atom stereocenters. The van der Waals surface area contributed by atoms with Gasteiger partial charge in [0.25, 0.3) is 0 Å². The second-order valence-electron chi connectivity index (χ2n) is 3.10. The third-order valence-corrected chi connectivity index (χ3v) is 4.16. The number of H-pyrrole nitrogens is 1. The van der Waals surface area contributed by atoms with Crippen LogP contribution >= 0.6 is 11.8 Å². The lowest BCUT2D eigenvalue weighted by Crippen LogP contribution is -2.25. The minimum absolute atomic E-state index is 0.228. The van der Waals surface area contributed by atoms with Crippen LogP contribution in [0.25, 0.3) is 0 Å². The molecule has 0 fully saturated rings. The van der Waals surface area contributed by atoms with Crippen LogP contribution in [0, 0.1) is 6.92 Å². The molecule has 0 aliphatic carbocycles. The van der Waals surface area contributed by atoms with E-state index in [0.29, 0.717) is 12.2 Å². The maximum absolute atomic E-state index is 11.7. The van der Waals surface area contributed by atoms with Gasteiger partial charge >= 0.3 is 0 Å². The summed E-state index contributed by atoms with van der Waals surface area (Å²) in [5, 5.41) is 6.29. The highest BCUT2D eigenvalue weighted by Crippen LogP contribution is 2.10. The number of sulfonamides is 1. The van der Waals surface area contributed by atoms with Gasteiger partial charge in [-0.2, -0.15) is 16.9 Å². The van der Waals surface area contributed by atoms with Crippen molar-refractivity contribution in [3.63, 3.8) is 0 Å². The van der Waals surface area contributed by atoms with Crippen molar-refractivity contribution in [3.8, 4) is 0 Å². The Morgan fingerprint density at radius 1 is 1.60 bits per heavy atom. The van der Waals surface area contributed by atoms with E-state index in [-0.39, 0.29) is 4.90 Å². The van der Waals surface area contributed by atoms with Gasteiger partial charge in [0.15, 0.2) is 0 Å². The molecule has 1 heterocycles. The normalized spacial score (nSPS) is 11.9. The lowest BCUT2D eigenvalue weighted by atomic mass is 10.5. The van der Waals surface area contributed by atoms with Crippen molar-refractivity contribution < 1.29 is 8.42 Å². The standard InChI is InChI=1S/C8H15N3O2S2/c1-7-8(6-9-11-7)15(12,13)10-4-3-5-14-2/h6,10H,3-5H2,1-2H3,(H,9,11). The van der Waals surface area contributed by atoms with Crippen LogP contribution in [0.3, 0.4) is 0 Å². The summed E-state index contributed by atoms with van der Waals surface area (Å²) in [6.45, 7) is 2.15. The second-order valence-corrected chi connectivity index (χ2v) is 5.82. The van der Waals surface area contributed by atoms with Gasteiger partial charge in [-0.15, -0.1) is 0 Å². The molecule has 0 aliphatic heterocycles. The fraction of sp³-hybridized carbons (Fsp3) is 0.625. The molecule has 0 saturated carbocycles. The van der Waals surface area contributed by atoms with Gasteiger partial charge in [0.05, 0.1) is 11.9 Å². The van der Waals surface area contributed by atoms with Crippen LogP contribution < -0.4 is 4.72 Å². The maximum atomic E-state index is 11.7. The highest BCUT2D eigenvalue weighted by molar-refractivity contribution is 7.98. The van der Waals surface area contributed by atoms with Crippen molar-refractivity contribution in [2.75, 3.05) is 18.6 Å². The largest absolute Gasteiger partial charge is 0.281 e. The topological polar surface area (TPSA) is 74.8 Å².